The average molecular weight is 432 g/mol. The number of aromatic nitrogens is 1. The maximum Gasteiger partial charge on any atom is 0.277 e. The fraction of sp³-hybridized carbons (Fsp3) is 0.381. The average Bonchev–Trinajstić information content (AvgIpc) is 2.68. The number of nitrogens with two attached hydrogens (primary N) is 1. The molecule has 1 amide bonds. The number of ether oxygens (including phenoxy) is 1. The molecule has 3 atom stereocenters. The van der Waals surface area contributed by atoms with Gasteiger partial charge in [0.25, 0.3) is 5.91 Å². The van der Waals surface area contributed by atoms with E-state index in [1.165, 1.54) is 24.0 Å². The third-order valence-corrected chi connectivity index (χ3v) is 6.46. The first-order chi connectivity index (χ1) is 14.2. The van der Waals surface area contributed by atoms with Crippen molar-refractivity contribution in [3.05, 3.63) is 59.2 Å². The number of carbonyl (C=O) groups excluding carboxylic acids is 1. The van der Waals surface area contributed by atoms with Crippen molar-refractivity contribution >= 4 is 28.5 Å². The van der Waals surface area contributed by atoms with E-state index in [9.17, 15) is 9.18 Å². The van der Waals surface area contributed by atoms with Crippen molar-refractivity contribution in [1.29, 1.82) is 0 Å². The number of carbonyl (C=O) groups is 1. The number of aryl methyl sites for hydroxylation is 1. The number of alkyl halides is 1. The molecule has 4 rings (SSSR count). The minimum atomic E-state index is -1.65. The van der Waals surface area contributed by atoms with Gasteiger partial charge in [-0.1, -0.05) is 23.9 Å². The van der Waals surface area contributed by atoms with Crippen LogP contribution in [0.4, 0.5) is 14.5 Å². The molecule has 158 valence electrons. The molecule has 0 unspecified atom stereocenters. The summed E-state index contributed by atoms with van der Waals surface area (Å²) in [5.41, 5.74) is 4.22. The highest BCUT2D eigenvalue weighted by atomic mass is 32.2. The van der Waals surface area contributed by atoms with Gasteiger partial charge < -0.3 is 15.8 Å². The van der Waals surface area contributed by atoms with E-state index in [2.05, 4.69) is 15.3 Å². The van der Waals surface area contributed by atoms with Gasteiger partial charge in [-0.25, -0.2) is 18.8 Å². The number of anilines is 1. The topological polar surface area (TPSA) is 89.6 Å². The molecule has 6 nitrogen and oxygen atoms in total. The van der Waals surface area contributed by atoms with Gasteiger partial charge in [0, 0.05) is 24.1 Å². The van der Waals surface area contributed by atoms with E-state index in [1.54, 1.807) is 31.2 Å². The Labute approximate surface area is 177 Å². The summed E-state index contributed by atoms with van der Waals surface area (Å²) in [6.07, 6.45) is 1.37. The molecule has 2 aromatic rings. The summed E-state index contributed by atoms with van der Waals surface area (Å²) in [5, 5.41) is 2.93. The third-order valence-electron chi connectivity index (χ3n) is 5.47. The van der Waals surface area contributed by atoms with Crippen LogP contribution in [-0.2, 0) is 10.3 Å². The van der Waals surface area contributed by atoms with Crippen LogP contribution in [0.2, 0.25) is 0 Å². The predicted octanol–water partition coefficient (Wildman–Crippen LogP) is 3.56. The molecule has 3 N–H and O–H groups in total. The monoisotopic (exact) mass is 432 g/mol. The fourth-order valence-corrected chi connectivity index (χ4v) is 4.90. The highest BCUT2D eigenvalue weighted by Gasteiger charge is 2.59. The van der Waals surface area contributed by atoms with Crippen LogP contribution in [0.3, 0.4) is 0 Å². The van der Waals surface area contributed by atoms with Gasteiger partial charge in [-0.2, -0.15) is 0 Å². The first-order valence-electron chi connectivity index (χ1n) is 9.55. The second-order valence-corrected chi connectivity index (χ2v) is 8.76. The van der Waals surface area contributed by atoms with Gasteiger partial charge >= 0.3 is 0 Å². The number of hydrogen-bond donors (Lipinski definition) is 2. The van der Waals surface area contributed by atoms with Gasteiger partial charge in [0.15, 0.2) is 22.3 Å². The maximum atomic E-state index is 16.1. The lowest BCUT2D eigenvalue weighted by atomic mass is 9.73. The molecule has 0 aliphatic carbocycles. The number of nitrogens with one attached hydrogen (secondary N) is 1. The van der Waals surface area contributed by atoms with Crippen LogP contribution >= 0.6 is 11.8 Å². The van der Waals surface area contributed by atoms with E-state index in [0.717, 1.165) is 0 Å². The molecule has 9 heteroatoms. The molecule has 0 bridgehead atoms. The Hall–Kier alpha value is -2.52. The highest BCUT2D eigenvalue weighted by Crippen LogP contribution is 2.51. The molecule has 0 saturated carbocycles. The molecule has 2 aliphatic heterocycles. The fourth-order valence-electron chi connectivity index (χ4n) is 3.95. The first kappa shape index (κ1) is 20.7. The van der Waals surface area contributed by atoms with Crippen molar-refractivity contribution in [2.45, 2.75) is 37.6 Å². The summed E-state index contributed by atoms with van der Waals surface area (Å²) < 4.78 is 36.0. The predicted molar refractivity (Wildman–Crippen MR) is 113 cm³/mol. The Balaban J connectivity index is 1.68. The van der Waals surface area contributed by atoms with Gasteiger partial charge in [0.2, 0.25) is 0 Å². The van der Waals surface area contributed by atoms with Crippen LogP contribution in [0.5, 0.6) is 0 Å². The number of pyridine rings is 1. The number of thioether (sulfide) groups is 1. The van der Waals surface area contributed by atoms with Crippen molar-refractivity contribution in [2.75, 3.05) is 17.7 Å². The Morgan fingerprint density at radius 2 is 2.20 bits per heavy atom. The SMILES string of the molecule is Cc1cnc(C(=O)Nc2cccc([C@]34CO[C@@H](C)C[C@@]3(F)CSC(N)=N4)c2)c(F)c1. The lowest BCUT2D eigenvalue weighted by Crippen LogP contribution is -2.60. The lowest BCUT2D eigenvalue weighted by molar-refractivity contribution is -0.106. The molecule has 0 radical (unpaired) electrons. The zero-order valence-corrected chi connectivity index (χ0v) is 17.4. The standard InChI is InChI=1S/C21H22F2N4O2S/c1-12-6-16(22)17(25-9-12)18(28)26-15-5-3-4-14(7-15)21-10-29-13(2)8-20(21,23)11-30-19(24)27-21/h3-7,9,13H,8,10-11H2,1-2H3,(H2,24,27)(H,26,28)/t13-,20+,21+/m0/s1. The van der Waals surface area contributed by atoms with Gasteiger partial charge in [0.1, 0.15) is 5.54 Å². The summed E-state index contributed by atoms with van der Waals surface area (Å²) >= 11 is 1.19. The van der Waals surface area contributed by atoms with Crippen LogP contribution in [0, 0.1) is 12.7 Å². The number of amidine groups is 1. The van der Waals surface area contributed by atoms with Crippen molar-refractivity contribution in [2.24, 2.45) is 10.7 Å². The Morgan fingerprint density at radius 1 is 1.40 bits per heavy atom. The molecule has 1 saturated heterocycles. The third kappa shape index (κ3) is 3.56. The molecule has 3 heterocycles. The number of hydrogen-bond acceptors (Lipinski definition) is 6. The summed E-state index contributed by atoms with van der Waals surface area (Å²) in [5.74, 6) is -1.23. The Kier molecular flexibility index (Phi) is 5.27. The van der Waals surface area contributed by atoms with Crippen LogP contribution in [-0.4, -0.2) is 40.2 Å². The van der Waals surface area contributed by atoms with E-state index < -0.39 is 22.9 Å². The van der Waals surface area contributed by atoms with E-state index in [4.69, 9.17) is 10.5 Å². The Bertz CT molecular complexity index is 1030. The van der Waals surface area contributed by atoms with E-state index in [1.807, 2.05) is 6.92 Å². The molecule has 1 aromatic carbocycles. The molecular formula is C21H22F2N4O2S. The van der Waals surface area contributed by atoms with Gasteiger partial charge in [-0.3, -0.25) is 4.79 Å². The zero-order chi connectivity index (χ0) is 21.5. The minimum Gasteiger partial charge on any atom is -0.379 e. The number of fused-ring (bicyclic) bond motifs is 1. The van der Waals surface area contributed by atoms with E-state index >= 15 is 4.39 Å². The van der Waals surface area contributed by atoms with Crippen molar-refractivity contribution < 1.29 is 18.3 Å². The quantitative estimate of drug-likeness (QED) is 0.774. The van der Waals surface area contributed by atoms with Crippen LogP contribution in [0.15, 0.2) is 41.5 Å². The first-order valence-corrected chi connectivity index (χ1v) is 10.5. The van der Waals surface area contributed by atoms with E-state index in [-0.39, 0.29) is 30.6 Å². The maximum absolute atomic E-state index is 16.1. The lowest BCUT2D eigenvalue weighted by Gasteiger charge is -2.49. The number of amides is 1. The van der Waals surface area contributed by atoms with Crippen LogP contribution in [0.1, 0.15) is 35.0 Å². The number of aliphatic imine (C=N–C) groups is 1. The van der Waals surface area contributed by atoms with Gasteiger partial charge in [-0.05, 0) is 43.2 Å². The van der Waals surface area contributed by atoms with Crippen molar-refractivity contribution in [3.63, 3.8) is 0 Å². The number of benzene rings is 1. The van der Waals surface area contributed by atoms with Crippen molar-refractivity contribution in [3.8, 4) is 0 Å². The van der Waals surface area contributed by atoms with Crippen LogP contribution < -0.4 is 11.1 Å². The summed E-state index contributed by atoms with van der Waals surface area (Å²) in [6.45, 7) is 3.56. The number of rotatable bonds is 3. The summed E-state index contributed by atoms with van der Waals surface area (Å²) in [7, 11) is 0. The molecule has 0 spiro atoms. The molecule has 1 aromatic heterocycles. The largest absolute Gasteiger partial charge is 0.379 e. The van der Waals surface area contributed by atoms with Gasteiger partial charge in [-0.15, -0.1) is 0 Å². The number of halogens is 2. The van der Waals surface area contributed by atoms with E-state index in [0.29, 0.717) is 22.0 Å². The highest BCUT2D eigenvalue weighted by molar-refractivity contribution is 8.13. The van der Waals surface area contributed by atoms with Crippen LogP contribution in [0.25, 0.3) is 0 Å². The minimum absolute atomic E-state index is 0.0392. The smallest absolute Gasteiger partial charge is 0.277 e. The molecule has 1 fully saturated rings. The van der Waals surface area contributed by atoms with Crippen molar-refractivity contribution in [1.82, 2.24) is 4.98 Å². The van der Waals surface area contributed by atoms with Gasteiger partial charge in [0.05, 0.1) is 12.7 Å². The molecule has 2 aliphatic rings. The summed E-state index contributed by atoms with van der Waals surface area (Å²) in [4.78, 5) is 20.9. The molecule has 30 heavy (non-hydrogen) atoms. The zero-order valence-electron chi connectivity index (χ0n) is 16.6. The second kappa shape index (κ2) is 7.63. The molecular weight excluding hydrogens is 410 g/mol. The Morgan fingerprint density at radius 3 is 2.97 bits per heavy atom. The second-order valence-electron chi connectivity index (χ2n) is 7.77. The normalized spacial score (nSPS) is 28.4. The summed E-state index contributed by atoms with van der Waals surface area (Å²) in [6, 6.07) is 7.93. The number of nitrogens with zero attached hydrogens (tertiary/aromatic N) is 2.